The third-order valence-electron chi connectivity index (χ3n) is 4.90. The zero-order valence-corrected chi connectivity index (χ0v) is 14.2. The Morgan fingerprint density at radius 1 is 1.29 bits per heavy atom. The maximum absolute atomic E-state index is 12.5. The van der Waals surface area contributed by atoms with E-state index in [1.807, 2.05) is 19.3 Å². The molecule has 4 rings (SSSR count). The second-order valence-corrected chi connectivity index (χ2v) is 8.33. The van der Waals surface area contributed by atoms with Crippen LogP contribution in [0.3, 0.4) is 0 Å². The summed E-state index contributed by atoms with van der Waals surface area (Å²) in [5.74, 6) is -0.656. The van der Waals surface area contributed by atoms with E-state index in [2.05, 4.69) is 9.82 Å². The molecule has 126 valence electrons. The highest BCUT2D eigenvalue weighted by atomic mass is 32.2. The van der Waals surface area contributed by atoms with E-state index in [9.17, 15) is 13.2 Å². The third kappa shape index (κ3) is 2.73. The fourth-order valence-corrected chi connectivity index (χ4v) is 4.55. The number of amides is 1. The quantitative estimate of drug-likeness (QED) is 0.911. The molecular formula is C17H19N3O3S. The van der Waals surface area contributed by atoms with Crippen molar-refractivity contribution in [2.45, 2.75) is 36.5 Å². The fraction of sp³-hybridized carbons (Fsp3) is 0.412. The van der Waals surface area contributed by atoms with Gasteiger partial charge in [0.2, 0.25) is 5.91 Å². The van der Waals surface area contributed by atoms with Crippen molar-refractivity contribution >= 4 is 15.9 Å². The van der Waals surface area contributed by atoms with Gasteiger partial charge < -0.3 is 0 Å². The molecule has 0 unspecified atom stereocenters. The Bertz CT molecular complexity index is 917. The topological polar surface area (TPSA) is 81.1 Å². The van der Waals surface area contributed by atoms with Gasteiger partial charge in [0.1, 0.15) is 0 Å². The number of aryl methyl sites for hydroxylation is 3. The molecule has 1 aromatic carbocycles. The number of carbonyl (C=O) groups excluding carboxylic acids is 1. The Morgan fingerprint density at radius 3 is 2.83 bits per heavy atom. The Balaban J connectivity index is 1.47. The molecule has 1 fully saturated rings. The summed E-state index contributed by atoms with van der Waals surface area (Å²) in [6.45, 7) is 0. The Labute approximate surface area is 140 Å². The van der Waals surface area contributed by atoms with Crippen molar-refractivity contribution in [3.05, 3.63) is 47.3 Å². The third-order valence-corrected chi connectivity index (χ3v) is 6.24. The number of nitrogens with one attached hydrogen (secondary N) is 1. The highest BCUT2D eigenvalue weighted by molar-refractivity contribution is 7.90. The largest absolute Gasteiger partial charge is 0.276 e. The van der Waals surface area contributed by atoms with Crippen molar-refractivity contribution in [1.82, 2.24) is 14.5 Å². The summed E-state index contributed by atoms with van der Waals surface area (Å²) < 4.78 is 28.9. The molecule has 1 N–H and O–H groups in total. The molecule has 0 bridgehead atoms. The number of carbonyl (C=O) groups is 1. The average molecular weight is 345 g/mol. The van der Waals surface area contributed by atoms with Crippen LogP contribution in [0.15, 0.2) is 35.5 Å². The highest BCUT2D eigenvalue weighted by Gasteiger charge is 2.45. The van der Waals surface area contributed by atoms with Gasteiger partial charge in [-0.2, -0.15) is 5.10 Å². The van der Waals surface area contributed by atoms with Crippen molar-refractivity contribution in [1.29, 1.82) is 0 Å². The predicted octanol–water partition coefficient (Wildman–Crippen LogP) is 1.52. The van der Waals surface area contributed by atoms with Crippen LogP contribution in [0.1, 0.15) is 35.4 Å². The van der Waals surface area contributed by atoms with Gasteiger partial charge in [-0.15, -0.1) is 0 Å². The van der Waals surface area contributed by atoms with E-state index in [0.717, 1.165) is 30.4 Å². The lowest BCUT2D eigenvalue weighted by atomic mass is 10.1. The molecule has 7 heteroatoms. The van der Waals surface area contributed by atoms with E-state index in [-0.39, 0.29) is 16.7 Å². The first kappa shape index (κ1) is 15.4. The summed E-state index contributed by atoms with van der Waals surface area (Å²) >= 11 is 0. The molecule has 1 aromatic heterocycles. The summed E-state index contributed by atoms with van der Waals surface area (Å²) in [6, 6.07) is 5.14. The normalized spacial score (nSPS) is 22.2. The maximum Gasteiger partial charge on any atom is 0.264 e. The SMILES string of the molecule is Cn1cc([C@@H]2C[C@H]2C(=O)NS(=O)(=O)c2ccc3c(c2)CCC3)cn1. The molecule has 0 spiro atoms. The van der Waals surface area contributed by atoms with E-state index in [1.165, 1.54) is 5.56 Å². The van der Waals surface area contributed by atoms with Crippen LogP contribution >= 0.6 is 0 Å². The zero-order valence-electron chi connectivity index (χ0n) is 13.4. The Kier molecular flexibility index (Phi) is 3.49. The number of fused-ring (bicyclic) bond motifs is 1. The van der Waals surface area contributed by atoms with Gasteiger partial charge in [0.15, 0.2) is 0 Å². The van der Waals surface area contributed by atoms with Gasteiger partial charge >= 0.3 is 0 Å². The number of rotatable bonds is 4. The molecule has 1 amide bonds. The molecule has 2 atom stereocenters. The van der Waals surface area contributed by atoms with Crippen molar-refractivity contribution < 1.29 is 13.2 Å². The first-order valence-corrected chi connectivity index (χ1v) is 9.59. The lowest BCUT2D eigenvalue weighted by molar-refractivity contribution is -0.120. The molecule has 2 aromatic rings. The predicted molar refractivity (Wildman–Crippen MR) is 87.9 cm³/mol. The standard InChI is InChI=1S/C17H19N3O3S/c1-20-10-13(9-18-20)15-8-16(15)17(21)19-24(22,23)14-6-5-11-3-2-4-12(11)7-14/h5-7,9-10,15-16H,2-4,8H2,1H3,(H,19,21)/t15-,16+/m0/s1. The van der Waals surface area contributed by atoms with Crippen molar-refractivity contribution in [2.24, 2.45) is 13.0 Å². The minimum Gasteiger partial charge on any atom is -0.276 e. The number of hydrogen-bond acceptors (Lipinski definition) is 4. The smallest absolute Gasteiger partial charge is 0.264 e. The summed E-state index contributed by atoms with van der Waals surface area (Å²) in [5.41, 5.74) is 3.26. The molecular weight excluding hydrogens is 326 g/mol. The molecule has 6 nitrogen and oxygen atoms in total. The van der Waals surface area contributed by atoms with Crippen LogP contribution in [0.2, 0.25) is 0 Å². The zero-order chi connectivity index (χ0) is 16.9. The molecule has 0 radical (unpaired) electrons. The Hall–Kier alpha value is -2.15. The molecule has 1 saturated carbocycles. The number of aromatic nitrogens is 2. The summed E-state index contributed by atoms with van der Waals surface area (Å²) in [6.07, 6.45) is 7.21. The molecule has 2 aliphatic carbocycles. The molecule has 0 saturated heterocycles. The van der Waals surface area contributed by atoms with Crippen molar-refractivity contribution in [2.75, 3.05) is 0 Å². The first-order chi connectivity index (χ1) is 11.4. The van der Waals surface area contributed by atoms with Gasteiger partial charge in [-0.25, -0.2) is 13.1 Å². The monoisotopic (exact) mass is 345 g/mol. The second-order valence-electron chi connectivity index (χ2n) is 6.65. The van der Waals surface area contributed by atoms with Crippen LogP contribution in [0.5, 0.6) is 0 Å². The lowest BCUT2D eigenvalue weighted by Crippen LogP contribution is -2.32. The number of benzene rings is 1. The van der Waals surface area contributed by atoms with E-state index in [4.69, 9.17) is 0 Å². The van der Waals surface area contributed by atoms with Crippen molar-refractivity contribution in [3.8, 4) is 0 Å². The minimum atomic E-state index is -3.81. The van der Waals surface area contributed by atoms with Gasteiger partial charge in [-0.3, -0.25) is 9.48 Å². The fourth-order valence-electron chi connectivity index (χ4n) is 3.47. The average Bonchev–Trinajstić information content (AvgIpc) is 2.99. The van der Waals surface area contributed by atoms with Crippen molar-refractivity contribution in [3.63, 3.8) is 0 Å². The number of nitrogens with zero attached hydrogens (tertiary/aromatic N) is 2. The van der Waals surface area contributed by atoms with E-state index in [1.54, 1.807) is 23.0 Å². The molecule has 2 aliphatic rings. The first-order valence-electron chi connectivity index (χ1n) is 8.11. The highest BCUT2D eigenvalue weighted by Crippen LogP contribution is 2.47. The number of hydrogen-bond donors (Lipinski definition) is 1. The van der Waals surface area contributed by atoms with Gasteiger partial charge in [0.05, 0.1) is 11.1 Å². The van der Waals surface area contributed by atoms with E-state index >= 15 is 0 Å². The second kappa shape index (κ2) is 5.44. The van der Waals surface area contributed by atoms with Crippen LogP contribution in [-0.4, -0.2) is 24.1 Å². The Morgan fingerprint density at radius 2 is 2.08 bits per heavy atom. The van der Waals surface area contributed by atoms with Gasteiger partial charge in [-0.05, 0) is 60.4 Å². The lowest BCUT2D eigenvalue weighted by Gasteiger charge is -2.08. The van der Waals surface area contributed by atoms with Crippen LogP contribution in [0.4, 0.5) is 0 Å². The molecule has 0 aliphatic heterocycles. The van der Waals surface area contributed by atoms with Gasteiger partial charge in [-0.1, -0.05) is 6.07 Å². The van der Waals surface area contributed by atoms with Gasteiger partial charge in [0.25, 0.3) is 10.0 Å². The summed E-state index contributed by atoms with van der Waals surface area (Å²) in [7, 11) is -1.99. The summed E-state index contributed by atoms with van der Waals surface area (Å²) in [4.78, 5) is 12.5. The van der Waals surface area contributed by atoms with E-state index in [0.29, 0.717) is 6.42 Å². The minimum absolute atomic E-state index is 0.0638. The van der Waals surface area contributed by atoms with Crippen LogP contribution in [0.25, 0.3) is 0 Å². The molecule has 1 heterocycles. The number of sulfonamides is 1. The van der Waals surface area contributed by atoms with E-state index < -0.39 is 15.9 Å². The van der Waals surface area contributed by atoms with Crippen LogP contribution in [0, 0.1) is 5.92 Å². The molecule has 24 heavy (non-hydrogen) atoms. The van der Waals surface area contributed by atoms with Crippen LogP contribution in [-0.2, 0) is 34.7 Å². The van der Waals surface area contributed by atoms with Gasteiger partial charge in [0, 0.05) is 19.2 Å². The maximum atomic E-state index is 12.5. The summed E-state index contributed by atoms with van der Waals surface area (Å²) in [5, 5.41) is 4.09. The van der Waals surface area contributed by atoms with Crippen LogP contribution < -0.4 is 4.72 Å².